The Balaban J connectivity index is 1.75. The van der Waals surface area contributed by atoms with E-state index in [0.717, 1.165) is 31.6 Å². The summed E-state index contributed by atoms with van der Waals surface area (Å²) in [4.78, 5) is 6.69. The zero-order valence-electron chi connectivity index (χ0n) is 12.0. The molecule has 1 N–H and O–H groups in total. The van der Waals surface area contributed by atoms with Crippen LogP contribution in [0.15, 0.2) is 24.4 Å². The Bertz CT molecular complexity index is 355. The molecule has 1 heterocycles. The Kier molecular flexibility index (Phi) is 5.80. The number of pyridine rings is 1. The van der Waals surface area contributed by atoms with Gasteiger partial charge >= 0.3 is 0 Å². The van der Waals surface area contributed by atoms with Crippen LogP contribution in [0.25, 0.3) is 0 Å². The van der Waals surface area contributed by atoms with Gasteiger partial charge in [0.2, 0.25) is 0 Å². The van der Waals surface area contributed by atoms with Gasteiger partial charge < -0.3 is 10.0 Å². The van der Waals surface area contributed by atoms with Gasteiger partial charge in [0.05, 0.1) is 6.10 Å². The van der Waals surface area contributed by atoms with E-state index in [2.05, 4.69) is 23.0 Å². The number of hydrogen-bond donors (Lipinski definition) is 1. The molecule has 0 spiro atoms. The number of likely N-dealkylation sites (N-methyl/N-ethyl adjacent to an activating group) is 1. The van der Waals surface area contributed by atoms with Crippen LogP contribution in [-0.4, -0.2) is 41.2 Å². The first-order valence-corrected chi connectivity index (χ1v) is 7.52. The molecule has 2 unspecified atom stereocenters. The minimum Gasteiger partial charge on any atom is -0.393 e. The molecule has 0 amide bonds. The van der Waals surface area contributed by atoms with Gasteiger partial charge in [0.15, 0.2) is 0 Å². The number of nitrogens with zero attached hydrogens (tertiary/aromatic N) is 2. The number of aromatic nitrogens is 1. The highest BCUT2D eigenvalue weighted by atomic mass is 16.3. The molecular weight excluding hydrogens is 236 g/mol. The molecule has 1 saturated carbocycles. The second-order valence-corrected chi connectivity index (χ2v) is 5.80. The van der Waals surface area contributed by atoms with Crippen molar-refractivity contribution in [2.75, 3.05) is 20.1 Å². The molecule has 2 atom stereocenters. The van der Waals surface area contributed by atoms with Crippen molar-refractivity contribution in [3.05, 3.63) is 30.1 Å². The number of rotatable bonds is 5. The largest absolute Gasteiger partial charge is 0.393 e. The lowest BCUT2D eigenvalue weighted by molar-refractivity contribution is 0.0797. The van der Waals surface area contributed by atoms with E-state index in [1.54, 1.807) is 0 Å². The summed E-state index contributed by atoms with van der Waals surface area (Å²) >= 11 is 0. The van der Waals surface area contributed by atoms with Crippen molar-refractivity contribution in [1.82, 2.24) is 9.88 Å². The van der Waals surface area contributed by atoms with Gasteiger partial charge in [-0.15, -0.1) is 0 Å². The second kappa shape index (κ2) is 7.61. The first-order chi connectivity index (χ1) is 9.25. The minimum absolute atomic E-state index is 0.0974. The lowest BCUT2D eigenvalue weighted by Crippen LogP contribution is -2.33. The van der Waals surface area contributed by atoms with Gasteiger partial charge in [-0.25, -0.2) is 0 Å². The van der Waals surface area contributed by atoms with Crippen LogP contribution in [0.2, 0.25) is 0 Å². The predicted octanol–water partition coefficient (Wildman–Crippen LogP) is 2.50. The third-order valence-electron chi connectivity index (χ3n) is 4.14. The Hall–Kier alpha value is -0.930. The van der Waals surface area contributed by atoms with Gasteiger partial charge in [0.1, 0.15) is 0 Å². The number of hydrogen-bond acceptors (Lipinski definition) is 3. The van der Waals surface area contributed by atoms with Gasteiger partial charge in [0, 0.05) is 31.4 Å². The molecule has 3 heteroatoms. The molecule has 0 radical (unpaired) electrons. The van der Waals surface area contributed by atoms with Crippen LogP contribution < -0.4 is 0 Å². The molecule has 1 aliphatic rings. The number of aliphatic hydroxyl groups is 1. The molecule has 0 saturated heterocycles. The third-order valence-corrected chi connectivity index (χ3v) is 4.14. The van der Waals surface area contributed by atoms with Gasteiger partial charge in [0.25, 0.3) is 0 Å². The molecular formula is C16H26N2O. The van der Waals surface area contributed by atoms with Crippen LogP contribution in [0.4, 0.5) is 0 Å². The van der Waals surface area contributed by atoms with Gasteiger partial charge in [-0.2, -0.15) is 0 Å². The van der Waals surface area contributed by atoms with E-state index >= 15 is 0 Å². The van der Waals surface area contributed by atoms with Crippen molar-refractivity contribution >= 4 is 0 Å². The van der Waals surface area contributed by atoms with Gasteiger partial charge in [-0.1, -0.05) is 25.3 Å². The molecule has 0 aromatic carbocycles. The van der Waals surface area contributed by atoms with E-state index < -0.39 is 0 Å². The average Bonchev–Trinajstić information content (AvgIpc) is 2.63. The van der Waals surface area contributed by atoms with Crippen LogP contribution in [0.1, 0.15) is 37.8 Å². The van der Waals surface area contributed by atoms with E-state index in [4.69, 9.17) is 0 Å². The van der Waals surface area contributed by atoms with Crippen molar-refractivity contribution in [1.29, 1.82) is 0 Å². The smallest absolute Gasteiger partial charge is 0.0580 e. The Labute approximate surface area is 116 Å². The highest BCUT2D eigenvalue weighted by molar-refractivity contribution is 5.03. The van der Waals surface area contributed by atoms with Crippen LogP contribution >= 0.6 is 0 Å². The molecule has 1 fully saturated rings. The lowest BCUT2D eigenvalue weighted by Gasteiger charge is -2.26. The molecule has 1 aliphatic carbocycles. The summed E-state index contributed by atoms with van der Waals surface area (Å²) in [6.45, 7) is 2.02. The maximum atomic E-state index is 10.1. The molecule has 1 aromatic rings. The van der Waals surface area contributed by atoms with Crippen molar-refractivity contribution in [3.8, 4) is 0 Å². The fourth-order valence-electron chi connectivity index (χ4n) is 2.92. The molecule has 19 heavy (non-hydrogen) atoms. The summed E-state index contributed by atoms with van der Waals surface area (Å²) in [7, 11) is 2.15. The molecule has 0 aliphatic heterocycles. The molecule has 0 bridgehead atoms. The maximum absolute atomic E-state index is 10.1. The van der Waals surface area contributed by atoms with Crippen molar-refractivity contribution in [2.45, 2.75) is 44.6 Å². The topological polar surface area (TPSA) is 36.4 Å². The quantitative estimate of drug-likeness (QED) is 0.828. The third kappa shape index (κ3) is 4.92. The first-order valence-electron chi connectivity index (χ1n) is 7.52. The summed E-state index contributed by atoms with van der Waals surface area (Å²) in [6.07, 6.45) is 8.65. The summed E-state index contributed by atoms with van der Waals surface area (Å²) in [5, 5.41) is 10.1. The summed E-state index contributed by atoms with van der Waals surface area (Å²) in [5.41, 5.74) is 1.15. The fraction of sp³-hybridized carbons (Fsp3) is 0.688. The van der Waals surface area contributed by atoms with E-state index in [9.17, 15) is 5.11 Å². The highest BCUT2D eigenvalue weighted by Gasteiger charge is 2.22. The highest BCUT2D eigenvalue weighted by Crippen LogP contribution is 2.24. The maximum Gasteiger partial charge on any atom is 0.0580 e. The van der Waals surface area contributed by atoms with Crippen molar-refractivity contribution < 1.29 is 5.11 Å². The normalized spacial score (nSPS) is 24.4. The van der Waals surface area contributed by atoms with Crippen LogP contribution in [0, 0.1) is 5.92 Å². The van der Waals surface area contributed by atoms with E-state index in [1.165, 1.54) is 25.7 Å². The molecule has 2 rings (SSSR count). The zero-order chi connectivity index (χ0) is 13.5. The van der Waals surface area contributed by atoms with Crippen LogP contribution in [0.5, 0.6) is 0 Å². The monoisotopic (exact) mass is 262 g/mol. The first kappa shape index (κ1) is 14.5. The van der Waals surface area contributed by atoms with Crippen LogP contribution in [-0.2, 0) is 6.42 Å². The molecule has 3 nitrogen and oxygen atoms in total. The molecule has 1 aromatic heterocycles. The standard InChI is InChI=1S/C16H26N2O/c1-18(12-10-15-8-5-6-11-17-15)13-14-7-3-2-4-9-16(14)19/h5-6,8,11,14,16,19H,2-4,7,9-10,12-13H2,1H3. The summed E-state index contributed by atoms with van der Waals surface area (Å²) in [6, 6.07) is 6.07. The Morgan fingerprint density at radius 2 is 2.11 bits per heavy atom. The van der Waals surface area contributed by atoms with E-state index in [0.29, 0.717) is 5.92 Å². The molecule has 106 valence electrons. The van der Waals surface area contributed by atoms with Gasteiger partial charge in [-0.05, 0) is 37.9 Å². The van der Waals surface area contributed by atoms with Crippen LogP contribution in [0.3, 0.4) is 0 Å². The van der Waals surface area contributed by atoms with E-state index in [-0.39, 0.29) is 6.10 Å². The predicted molar refractivity (Wildman–Crippen MR) is 78.0 cm³/mol. The second-order valence-electron chi connectivity index (χ2n) is 5.80. The SMILES string of the molecule is CN(CCc1ccccn1)CC1CCCCCC1O. The number of aliphatic hydroxyl groups excluding tert-OH is 1. The Morgan fingerprint density at radius 3 is 2.89 bits per heavy atom. The van der Waals surface area contributed by atoms with Crippen molar-refractivity contribution in [3.63, 3.8) is 0 Å². The summed E-state index contributed by atoms with van der Waals surface area (Å²) < 4.78 is 0. The summed E-state index contributed by atoms with van der Waals surface area (Å²) in [5.74, 6) is 0.455. The lowest BCUT2D eigenvalue weighted by atomic mass is 9.97. The van der Waals surface area contributed by atoms with E-state index in [1.807, 2.05) is 18.3 Å². The minimum atomic E-state index is -0.0974. The van der Waals surface area contributed by atoms with Crippen molar-refractivity contribution in [2.24, 2.45) is 5.92 Å². The average molecular weight is 262 g/mol. The Morgan fingerprint density at radius 1 is 1.26 bits per heavy atom. The fourth-order valence-corrected chi connectivity index (χ4v) is 2.92. The zero-order valence-corrected chi connectivity index (χ0v) is 12.0. The van der Waals surface area contributed by atoms with Gasteiger partial charge in [-0.3, -0.25) is 4.98 Å².